The molecule has 0 amide bonds. The number of hydrazone groups is 1. The first-order chi connectivity index (χ1) is 18.3. The van der Waals surface area contributed by atoms with Crippen LogP contribution in [0.3, 0.4) is 0 Å². The fourth-order valence-electron chi connectivity index (χ4n) is 5.21. The van der Waals surface area contributed by atoms with Crippen LogP contribution >= 0.6 is 0 Å². The van der Waals surface area contributed by atoms with E-state index < -0.39 is 0 Å². The molecule has 0 radical (unpaired) electrons. The van der Waals surface area contributed by atoms with Crippen LogP contribution in [0, 0.1) is 0 Å². The molecule has 5 aromatic rings. The normalized spacial score (nSPS) is 11.7. The first kappa shape index (κ1) is 24.9. The first-order valence-corrected chi connectivity index (χ1v) is 13.9. The van der Waals surface area contributed by atoms with Crippen molar-refractivity contribution in [3.05, 3.63) is 96.7 Å². The Morgan fingerprint density at radius 2 is 1.46 bits per heavy atom. The van der Waals surface area contributed by atoms with Crippen molar-refractivity contribution < 1.29 is 0 Å². The standard InChI is InChI=1S/C33H38N4/c1-2-3-4-5-6-7-8-14-24-36-31-19-13-12-18-29(31)30-25-27(21-22-32(30)36)26-35-37(33-20-15-23-34-33)28-16-10-9-11-17-28/h9-13,15-23,25-26,34H,2-8,14,24H2,1H3. The number of anilines is 2. The van der Waals surface area contributed by atoms with E-state index in [0.717, 1.165) is 23.6 Å². The summed E-state index contributed by atoms with van der Waals surface area (Å²) < 4.78 is 2.51. The van der Waals surface area contributed by atoms with Crippen LogP contribution in [0.5, 0.6) is 0 Å². The van der Waals surface area contributed by atoms with E-state index in [1.807, 2.05) is 47.8 Å². The number of benzene rings is 3. The lowest BCUT2D eigenvalue weighted by Gasteiger charge is -2.17. The Morgan fingerprint density at radius 1 is 0.730 bits per heavy atom. The maximum Gasteiger partial charge on any atom is 0.132 e. The van der Waals surface area contributed by atoms with Crippen LogP contribution in [0.4, 0.5) is 11.5 Å². The van der Waals surface area contributed by atoms with Gasteiger partial charge in [-0.2, -0.15) is 5.10 Å². The third-order valence-electron chi connectivity index (χ3n) is 7.16. The van der Waals surface area contributed by atoms with Gasteiger partial charge in [0.1, 0.15) is 5.82 Å². The van der Waals surface area contributed by atoms with Crippen LogP contribution in [0.25, 0.3) is 21.8 Å². The number of hydrogen-bond donors (Lipinski definition) is 1. The fourth-order valence-corrected chi connectivity index (χ4v) is 5.21. The molecule has 0 aliphatic carbocycles. The Morgan fingerprint density at radius 3 is 2.24 bits per heavy atom. The second-order valence-electron chi connectivity index (χ2n) is 9.87. The average molecular weight is 491 g/mol. The Labute approximate surface area is 220 Å². The van der Waals surface area contributed by atoms with Crippen molar-refractivity contribution in [1.29, 1.82) is 0 Å². The van der Waals surface area contributed by atoms with Gasteiger partial charge in [-0.3, -0.25) is 0 Å². The molecule has 190 valence electrons. The first-order valence-electron chi connectivity index (χ1n) is 13.9. The summed E-state index contributed by atoms with van der Waals surface area (Å²) in [6.45, 7) is 3.35. The minimum absolute atomic E-state index is 0.936. The number of rotatable bonds is 13. The van der Waals surface area contributed by atoms with Gasteiger partial charge in [0.2, 0.25) is 0 Å². The SMILES string of the molecule is CCCCCCCCCCn1c2ccccc2c2cc(C=NN(c3ccccc3)c3ccc[nH]3)ccc21. The van der Waals surface area contributed by atoms with E-state index in [4.69, 9.17) is 5.10 Å². The van der Waals surface area contributed by atoms with Crippen LogP contribution in [0.2, 0.25) is 0 Å². The number of aromatic amines is 1. The van der Waals surface area contributed by atoms with Crippen molar-refractivity contribution in [2.24, 2.45) is 5.10 Å². The van der Waals surface area contributed by atoms with Crippen LogP contribution in [-0.4, -0.2) is 15.8 Å². The Kier molecular flexibility index (Phi) is 8.37. The van der Waals surface area contributed by atoms with Gasteiger partial charge in [-0.1, -0.05) is 94.3 Å². The largest absolute Gasteiger partial charge is 0.347 e. The van der Waals surface area contributed by atoms with E-state index in [1.54, 1.807) is 0 Å². The number of nitrogens with one attached hydrogen (secondary N) is 1. The number of aryl methyl sites for hydroxylation is 1. The number of hydrogen-bond acceptors (Lipinski definition) is 2. The van der Waals surface area contributed by atoms with Crippen LogP contribution in [-0.2, 0) is 6.54 Å². The third kappa shape index (κ3) is 5.96. The highest BCUT2D eigenvalue weighted by molar-refractivity contribution is 6.09. The summed E-state index contributed by atoms with van der Waals surface area (Å²) in [4.78, 5) is 3.28. The van der Waals surface area contributed by atoms with E-state index in [2.05, 4.69) is 71.1 Å². The second-order valence-corrected chi connectivity index (χ2v) is 9.87. The average Bonchev–Trinajstić information content (AvgIpc) is 3.58. The van der Waals surface area contributed by atoms with Gasteiger partial charge in [-0.15, -0.1) is 0 Å². The van der Waals surface area contributed by atoms with Crippen molar-refractivity contribution in [1.82, 2.24) is 9.55 Å². The van der Waals surface area contributed by atoms with Crippen LogP contribution in [0.15, 0.2) is 96.2 Å². The van der Waals surface area contributed by atoms with Gasteiger partial charge in [0.25, 0.3) is 0 Å². The molecule has 37 heavy (non-hydrogen) atoms. The van der Waals surface area contributed by atoms with Gasteiger partial charge >= 0.3 is 0 Å². The van der Waals surface area contributed by atoms with Gasteiger partial charge < -0.3 is 9.55 Å². The minimum atomic E-state index is 0.936. The van der Waals surface area contributed by atoms with Crippen molar-refractivity contribution in [2.75, 3.05) is 5.01 Å². The molecule has 1 N–H and O–H groups in total. The predicted octanol–water partition coefficient (Wildman–Crippen LogP) is 9.44. The fraction of sp³-hybridized carbons (Fsp3) is 0.303. The summed E-state index contributed by atoms with van der Waals surface area (Å²) in [5.74, 6) is 0.936. The maximum absolute atomic E-state index is 4.87. The summed E-state index contributed by atoms with van der Waals surface area (Å²) in [6, 6.07) is 29.8. The molecule has 5 rings (SSSR count). The third-order valence-corrected chi connectivity index (χ3v) is 7.16. The second kappa shape index (κ2) is 12.4. The summed E-state index contributed by atoms with van der Waals surface area (Å²) >= 11 is 0. The van der Waals surface area contributed by atoms with E-state index in [-0.39, 0.29) is 0 Å². The lowest BCUT2D eigenvalue weighted by Crippen LogP contribution is -2.09. The molecule has 0 saturated carbocycles. The number of nitrogens with zero attached hydrogens (tertiary/aromatic N) is 3. The monoisotopic (exact) mass is 490 g/mol. The van der Waals surface area contributed by atoms with Crippen molar-refractivity contribution >= 4 is 39.5 Å². The zero-order valence-electron chi connectivity index (χ0n) is 21.9. The summed E-state index contributed by atoms with van der Waals surface area (Å²) in [5.41, 5.74) is 4.75. The molecule has 0 unspecified atom stereocenters. The highest BCUT2D eigenvalue weighted by Gasteiger charge is 2.11. The molecule has 3 aromatic carbocycles. The number of H-pyrrole nitrogens is 1. The molecule has 0 aliphatic rings. The topological polar surface area (TPSA) is 36.3 Å². The highest BCUT2D eigenvalue weighted by atomic mass is 15.5. The van der Waals surface area contributed by atoms with Crippen molar-refractivity contribution in [3.63, 3.8) is 0 Å². The van der Waals surface area contributed by atoms with Gasteiger partial charge in [0, 0.05) is 34.5 Å². The molecular weight excluding hydrogens is 452 g/mol. The zero-order chi connectivity index (χ0) is 25.3. The van der Waals surface area contributed by atoms with E-state index in [0.29, 0.717) is 0 Å². The number of fused-ring (bicyclic) bond motifs is 3. The minimum Gasteiger partial charge on any atom is -0.347 e. The van der Waals surface area contributed by atoms with E-state index >= 15 is 0 Å². The van der Waals surface area contributed by atoms with E-state index in [1.165, 1.54) is 73.2 Å². The number of unbranched alkanes of at least 4 members (excludes halogenated alkanes) is 7. The number of para-hydroxylation sites is 2. The Balaban J connectivity index is 1.35. The summed E-state index contributed by atoms with van der Waals surface area (Å²) in [7, 11) is 0. The molecule has 0 bridgehead atoms. The predicted molar refractivity (Wildman–Crippen MR) is 159 cm³/mol. The quantitative estimate of drug-likeness (QED) is 0.0995. The van der Waals surface area contributed by atoms with Crippen LogP contribution in [0.1, 0.15) is 63.9 Å². The lowest BCUT2D eigenvalue weighted by molar-refractivity contribution is 0.553. The smallest absolute Gasteiger partial charge is 0.132 e. The molecule has 2 heterocycles. The number of aromatic nitrogens is 2. The highest BCUT2D eigenvalue weighted by Crippen LogP contribution is 2.30. The van der Waals surface area contributed by atoms with Gasteiger partial charge in [-0.05, 0) is 54.4 Å². The summed E-state index contributed by atoms with van der Waals surface area (Å²) in [5, 5.41) is 9.42. The lowest BCUT2D eigenvalue weighted by atomic mass is 10.1. The van der Waals surface area contributed by atoms with Crippen molar-refractivity contribution in [2.45, 2.75) is 64.8 Å². The molecule has 0 aliphatic heterocycles. The molecule has 0 saturated heterocycles. The molecule has 4 heteroatoms. The summed E-state index contributed by atoms with van der Waals surface area (Å²) in [6.07, 6.45) is 14.6. The Hall–Kier alpha value is -3.79. The molecular formula is C33H38N4. The zero-order valence-corrected chi connectivity index (χ0v) is 21.9. The van der Waals surface area contributed by atoms with Gasteiger partial charge in [0.05, 0.1) is 11.9 Å². The molecule has 0 fully saturated rings. The molecule has 0 spiro atoms. The maximum atomic E-state index is 4.87. The van der Waals surface area contributed by atoms with Crippen molar-refractivity contribution in [3.8, 4) is 0 Å². The van der Waals surface area contributed by atoms with E-state index in [9.17, 15) is 0 Å². The Bertz CT molecular complexity index is 1410. The molecule has 0 atom stereocenters. The molecule has 4 nitrogen and oxygen atoms in total. The van der Waals surface area contributed by atoms with Gasteiger partial charge in [0.15, 0.2) is 0 Å². The van der Waals surface area contributed by atoms with Gasteiger partial charge in [-0.25, -0.2) is 5.01 Å². The molecule has 2 aromatic heterocycles. The van der Waals surface area contributed by atoms with Crippen LogP contribution < -0.4 is 5.01 Å².